The Kier molecular flexibility index (Phi) is 5.70. The van der Waals surface area contributed by atoms with Gasteiger partial charge in [-0.05, 0) is 49.4 Å². The van der Waals surface area contributed by atoms with Gasteiger partial charge in [0.1, 0.15) is 17.8 Å². The summed E-state index contributed by atoms with van der Waals surface area (Å²) < 4.78 is 9.81. The fraction of sp³-hybridized carbons (Fsp3) is 0.400. The first-order valence-corrected chi connectivity index (χ1v) is 12.2. The van der Waals surface area contributed by atoms with E-state index in [1.807, 2.05) is 29.2 Å². The average Bonchev–Trinajstić information content (AvgIpc) is 3.32. The molecule has 172 valence electrons. The van der Waals surface area contributed by atoms with Crippen LogP contribution in [0.15, 0.2) is 41.3 Å². The van der Waals surface area contributed by atoms with E-state index in [2.05, 4.69) is 29.6 Å². The first kappa shape index (κ1) is 21.7. The Morgan fingerprint density at radius 2 is 2.15 bits per heavy atom. The van der Waals surface area contributed by atoms with E-state index in [1.165, 1.54) is 9.56 Å². The number of fused-ring (bicyclic) bond motifs is 3. The van der Waals surface area contributed by atoms with Crippen molar-refractivity contribution in [2.45, 2.75) is 39.8 Å². The number of ether oxygens (including phenoxy) is 1. The van der Waals surface area contributed by atoms with Crippen LogP contribution in [0.2, 0.25) is 0 Å². The molecule has 4 heterocycles. The number of carbonyl (C=O) groups excluding carboxylic acids is 1. The number of benzene rings is 1. The van der Waals surface area contributed by atoms with Crippen LogP contribution in [0, 0.1) is 12.8 Å². The van der Waals surface area contributed by atoms with E-state index in [0.29, 0.717) is 18.0 Å². The van der Waals surface area contributed by atoms with Gasteiger partial charge in [-0.15, -0.1) is 11.3 Å². The SMILES string of the molecule is COc1cccc(Cn2c3cc(C)sc3c3cnn(CC(=O)N4CCCC(C)C4)c(=O)c32)c1. The van der Waals surface area contributed by atoms with Gasteiger partial charge in [0.2, 0.25) is 5.91 Å². The molecule has 1 saturated heterocycles. The minimum atomic E-state index is -0.227. The molecule has 1 unspecified atom stereocenters. The molecule has 8 heteroatoms. The number of rotatable bonds is 5. The third-order valence-corrected chi connectivity index (χ3v) is 7.50. The third kappa shape index (κ3) is 4.04. The third-order valence-electron chi connectivity index (χ3n) is 6.43. The largest absolute Gasteiger partial charge is 0.497 e. The molecule has 0 saturated carbocycles. The van der Waals surface area contributed by atoms with E-state index in [1.54, 1.807) is 24.6 Å². The van der Waals surface area contributed by atoms with Crippen molar-refractivity contribution in [1.29, 1.82) is 0 Å². The van der Waals surface area contributed by atoms with Crippen molar-refractivity contribution >= 4 is 38.4 Å². The van der Waals surface area contributed by atoms with Gasteiger partial charge in [0, 0.05) is 29.9 Å². The highest BCUT2D eigenvalue weighted by Gasteiger charge is 2.23. The Labute approximate surface area is 196 Å². The van der Waals surface area contributed by atoms with Crippen LogP contribution in [0.25, 0.3) is 21.1 Å². The molecule has 0 N–H and O–H groups in total. The number of nitrogens with zero attached hydrogens (tertiary/aromatic N) is 4. The summed E-state index contributed by atoms with van der Waals surface area (Å²) in [5.74, 6) is 1.23. The van der Waals surface area contributed by atoms with Crippen molar-refractivity contribution in [2.75, 3.05) is 20.2 Å². The summed E-state index contributed by atoms with van der Waals surface area (Å²) >= 11 is 1.66. The molecule has 0 bridgehead atoms. The maximum absolute atomic E-state index is 13.6. The zero-order valence-corrected chi connectivity index (χ0v) is 20.0. The first-order valence-electron chi connectivity index (χ1n) is 11.3. The monoisotopic (exact) mass is 464 g/mol. The molecule has 1 amide bonds. The van der Waals surface area contributed by atoms with Crippen molar-refractivity contribution < 1.29 is 9.53 Å². The molecule has 3 aromatic heterocycles. The Morgan fingerprint density at radius 1 is 1.30 bits per heavy atom. The number of aromatic nitrogens is 3. The zero-order valence-electron chi connectivity index (χ0n) is 19.2. The molecule has 1 aliphatic heterocycles. The number of carbonyl (C=O) groups is 1. The fourth-order valence-corrected chi connectivity index (χ4v) is 5.82. The maximum atomic E-state index is 13.6. The quantitative estimate of drug-likeness (QED) is 0.447. The number of hydrogen-bond donors (Lipinski definition) is 0. The Bertz CT molecular complexity index is 1400. The highest BCUT2D eigenvalue weighted by molar-refractivity contribution is 7.20. The molecule has 7 nitrogen and oxygen atoms in total. The zero-order chi connectivity index (χ0) is 23.1. The summed E-state index contributed by atoms with van der Waals surface area (Å²) in [5.41, 5.74) is 2.42. The molecular formula is C25H28N4O3S. The lowest BCUT2D eigenvalue weighted by atomic mass is 10.0. The number of aryl methyl sites for hydroxylation is 1. The van der Waals surface area contributed by atoms with Crippen molar-refractivity contribution in [3.8, 4) is 5.75 Å². The second kappa shape index (κ2) is 8.67. The highest BCUT2D eigenvalue weighted by atomic mass is 32.1. The molecular weight excluding hydrogens is 436 g/mol. The minimum Gasteiger partial charge on any atom is -0.497 e. The second-order valence-electron chi connectivity index (χ2n) is 8.97. The van der Waals surface area contributed by atoms with E-state index in [4.69, 9.17) is 4.74 Å². The topological polar surface area (TPSA) is 69.4 Å². The van der Waals surface area contributed by atoms with Crippen LogP contribution in [0.1, 0.15) is 30.2 Å². The summed E-state index contributed by atoms with van der Waals surface area (Å²) in [7, 11) is 1.65. The van der Waals surface area contributed by atoms with Crippen molar-refractivity contribution in [1.82, 2.24) is 19.2 Å². The van der Waals surface area contributed by atoms with Crippen LogP contribution in [0.3, 0.4) is 0 Å². The lowest BCUT2D eigenvalue weighted by Gasteiger charge is -2.30. The van der Waals surface area contributed by atoms with E-state index >= 15 is 0 Å². The number of hydrogen-bond acceptors (Lipinski definition) is 5. The summed E-state index contributed by atoms with van der Waals surface area (Å²) in [6.07, 6.45) is 3.89. The molecule has 33 heavy (non-hydrogen) atoms. The van der Waals surface area contributed by atoms with Crippen LogP contribution in [0.4, 0.5) is 0 Å². The van der Waals surface area contributed by atoms with Crippen LogP contribution in [0.5, 0.6) is 5.75 Å². The number of thiophene rings is 1. The van der Waals surface area contributed by atoms with E-state index in [-0.39, 0.29) is 18.0 Å². The Hall–Kier alpha value is -3.13. The smallest absolute Gasteiger partial charge is 0.291 e. The van der Waals surface area contributed by atoms with Crippen LogP contribution in [-0.4, -0.2) is 45.4 Å². The van der Waals surface area contributed by atoms with Crippen LogP contribution < -0.4 is 10.3 Å². The van der Waals surface area contributed by atoms with Gasteiger partial charge in [-0.1, -0.05) is 19.1 Å². The Morgan fingerprint density at radius 3 is 2.94 bits per heavy atom. The van der Waals surface area contributed by atoms with Crippen LogP contribution in [-0.2, 0) is 17.9 Å². The molecule has 4 aromatic rings. The van der Waals surface area contributed by atoms with E-state index in [0.717, 1.165) is 52.8 Å². The molecule has 1 atom stereocenters. The first-order chi connectivity index (χ1) is 15.9. The number of methoxy groups -OCH3 is 1. The average molecular weight is 465 g/mol. The van der Waals surface area contributed by atoms with Gasteiger partial charge in [0.05, 0.1) is 23.5 Å². The number of piperidine rings is 1. The fourth-order valence-electron chi connectivity index (χ4n) is 4.79. The lowest BCUT2D eigenvalue weighted by Crippen LogP contribution is -2.42. The lowest BCUT2D eigenvalue weighted by molar-refractivity contribution is -0.133. The van der Waals surface area contributed by atoms with Gasteiger partial charge in [0.15, 0.2) is 0 Å². The van der Waals surface area contributed by atoms with Gasteiger partial charge >= 0.3 is 0 Å². The molecule has 5 rings (SSSR count). The van der Waals surface area contributed by atoms with Crippen molar-refractivity contribution in [3.05, 3.63) is 57.3 Å². The number of amides is 1. The number of likely N-dealkylation sites (tertiary alicyclic amines) is 1. The Balaban J connectivity index is 1.57. The van der Waals surface area contributed by atoms with Crippen molar-refractivity contribution in [2.24, 2.45) is 5.92 Å². The van der Waals surface area contributed by atoms with Gasteiger partial charge in [-0.3, -0.25) is 9.59 Å². The predicted molar refractivity (Wildman–Crippen MR) is 131 cm³/mol. The van der Waals surface area contributed by atoms with E-state index < -0.39 is 0 Å². The van der Waals surface area contributed by atoms with Gasteiger partial charge in [0.25, 0.3) is 5.56 Å². The summed E-state index contributed by atoms with van der Waals surface area (Å²) in [6.45, 7) is 6.23. The molecule has 1 aliphatic rings. The normalized spacial score (nSPS) is 16.6. The maximum Gasteiger partial charge on any atom is 0.291 e. The second-order valence-corrected chi connectivity index (χ2v) is 10.2. The van der Waals surface area contributed by atoms with Crippen LogP contribution >= 0.6 is 11.3 Å². The van der Waals surface area contributed by atoms with Gasteiger partial charge in [-0.2, -0.15) is 5.10 Å². The van der Waals surface area contributed by atoms with Gasteiger partial charge in [-0.25, -0.2) is 4.68 Å². The molecule has 1 fully saturated rings. The standard InChI is InChI=1S/C25H28N4O3S/c1-16-6-5-9-27(13-16)22(30)15-29-25(31)23-20(12-26-29)24-21(10-17(2)33-24)28(23)14-18-7-4-8-19(11-18)32-3/h4,7-8,10-12,16H,5-6,9,13-15H2,1-3H3. The minimum absolute atomic E-state index is 0.0293. The van der Waals surface area contributed by atoms with E-state index in [9.17, 15) is 9.59 Å². The summed E-state index contributed by atoms with van der Waals surface area (Å²) in [5, 5.41) is 5.24. The van der Waals surface area contributed by atoms with Crippen molar-refractivity contribution in [3.63, 3.8) is 0 Å². The molecule has 0 aliphatic carbocycles. The summed E-state index contributed by atoms with van der Waals surface area (Å²) in [4.78, 5) is 29.6. The molecule has 0 radical (unpaired) electrons. The summed E-state index contributed by atoms with van der Waals surface area (Å²) in [6, 6.07) is 9.99. The molecule has 0 spiro atoms. The predicted octanol–water partition coefficient (Wildman–Crippen LogP) is 4.04. The molecule has 1 aromatic carbocycles. The highest BCUT2D eigenvalue weighted by Crippen LogP contribution is 2.34. The van der Waals surface area contributed by atoms with Gasteiger partial charge < -0.3 is 14.2 Å².